The summed E-state index contributed by atoms with van der Waals surface area (Å²) in [6.45, 7) is 3.56. The summed E-state index contributed by atoms with van der Waals surface area (Å²) in [6, 6.07) is 13.2. The maximum Gasteiger partial charge on any atom is 0.307 e. The highest BCUT2D eigenvalue weighted by molar-refractivity contribution is 7.11. The number of aromatic nitrogens is 1. The zero-order chi connectivity index (χ0) is 19.8. The summed E-state index contributed by atoms with van der Waals surface area (Å²) in [5.74, 6) is -0.186. The van der Waals surface area contributed by atoms with Crippen LogP contribution in [-0.4, -0.2) is 30.5 Å². The summed E-state index contributed by atoms with van der Waals surface area (Å²) in [6.07, 6.45) is 0.398. The molecular formula is C19H25N5O2S. The van der Waals surface area contributed by atoms with Gasteiger partial charge in [0, 0.05) is 35.5 Å². The van der Waals surface area contributed by atoms with E-state index in [0.717, 1.165) is 39.5 Å². The van der Waals surface area contributed by atoms with Crippen molar-refractivity contribution in [1.82, 2.24) is 4.37 Å². The Balaban J connectivity index is 0.000000206. The average molecular weight is 388 g/mol. The molecule has 0 aliphatic heterocycles. The van der Waals surface area contributed by atoms with E-state index in [4.69, 9.17) is 17.2 Å². The number of nitrogen functional groups attached to an aromatic ring is 3. The molecule has 0 atom stereocenters. The summed E-state index contributed by atoms with van der Waals surface area (Å²) in [7, 11) is 1.40. The number of rotatable bonds is 5. The van der Waals surface area contributed by atoms with E-state index < -0.39 is 0 Å². The van der Waals surface area contributed by atoms with Crippen LogP contribution in [0.2, 0.25) is 0 Å². The van der Waals surface area contributed by atoms with Gasteiger partial charge >= 0.3 is 5.97 Å². The monoisotopic (exact) mass is 387 g/mol. The lowest BCUT2D eigenvalue weighted by molar-refractivity contribution is -0.140. The first-order chi connectivity index (χ1) is 12.9. The highest BCUT2D eigenvalue weighted by Crippen LogP contribution is 2.25. The molecule has 3 rings (SSSR count). The Kier molecular flexibility index (Phi) is 7.25. The van der Waals surface area contributed by atoms with Gasteiger partial charge in [0.1, 0.15) is 5.00 Å². The number of fused-ring (bicyclic) bond motifs is 1. The maximum absolute atomic E-state index is 11.0. The van der Waals surface area contributed by atoms with Crippen LogP contribution in [0.4, 0.5) is 22.1 Å². The molecule has 0 saturated carbocycles. The fourth-order valence-corrected chi connectivity index (χ4v) is 3.08. The summed E-state index contributed by atoms with van der Waals surface area (Å²) in [4.78, 5) is 13.2. The van der Waals surface area contributed by atoms with Crippen molar-refractivity contribution in [3.63, 3.8) is 0 Å². The van der Waals surface area contributed by atoms with Crippen molar-refractivity contribution in [3.8, 4) is 0 Å². The third-order valence-electron chi connectivity index (χ3n) is 3.98. The lowest BCUT2D eigenvalue weighted by Gasteiger charge is -2.22. The lowest BCUT2D eigenvalue weighted by atomic mass is 10.2. The SMILES string of the molecule is CCN(CCC(=O)OC)c1ccc(N)cc1.Nc1ccc2nsc(N)c2c1. The summed E-state index contributed by atoms with van der Waals surface area (Å²) < 4.78 is 8.73. The first-order valence-electron chi connectivity index (χ1n) is 8.52. The highest BCUT2D eigenvalue weighted by atomic mass is 32.1. The molecule has 0 spiro atoms. The number of hydrogen-bond donors (Lipinski definition) is 3. The summed E-state index contributed by atoms with van der Waals surface area (Å²) in [5, 5.41) is 1.68. The third-order valence-corrected chi connectivity index (χ3v) is 4.69. The molecule has 2 aromatic carbocycles. The fourth-order valence-electron chi connectivity index (χ4n) is 2.46. The number of nitrogens with two attached hydrogens (primary N) is 3. The van der Waals surface area contributed by atoms with Crippen molar-refractivity contribution < 1.29 is 9.53 Å². The van der Waals surface area contributed by atoms with E-state index in [0.29, 0.717) is 13.0 Å². The van der Waals surface area contributed by atoms with E-state index in [1.165, 1.54) is 18.6 Å². The van der Waals surface area contributed by atoms with Crippen molar-refractivity contribution >= 4 is 50.5 Å². The molecule has 0 fully saturated rings. The lowest BCUT2D eigenvalue weighted by Crippen LogP contribution is -2.26. The molecule has 0 radical (unpaired) electrons. The van der Waals surface area contributed by atoms with Crippen molar-refractivity contribution in [2.45, 2.75) is 13.3 Å². The second-order valence-electron chi connectivity index (χ2n) is 5.82. The van der Waals surface area contributed by atoms with Gasteiger partial charge in [-0.25, -0.2) is 0 Å². The number of nitrogens with zero attached hydrogens (tertiary/aromatic N) is 2. The van der Waals surface area contributed by atoms with Crippen LogP contribution in [0.1, 0.15) is 13.3 Å². The number of carbonyl (C=O) groups excluding carboxylic acids is 1. The van der Waals surface area contributed by atoms with Gasteiger partial charge < -0.3 is 26.8 Å². The quantitative estimate of drug-likeness (QED) is 0.454. The van der Waals surface area contributed by atoms with Crippen LogP contribution in [0.25, 0.3) is 10.9 Å². The van der Waals surface area contributed by atoms with Gasteiger partial charge in [-0.2, -0.15) is 4.37 Å². The summed E-state index contributed by atoms with van der Waals surface area (Å²) >= 11 is 1.30. The topological polar surface area (TPSA) is 120 Å². The van der Waals surface area contributed by atoms with Gasteiger partial charge in [0.2, 0.25) is 0 Å². The number of ether oxygens (including phenoxy) is 1. The molecule has 6 N–H and O–H groups in total. The number of methoxy groups -OCH3 is 1. The number of carbonyl (C=O) groups is 1. The van der Waals surface area contributed by atoms with Crippen LogP contribution in [-0.2, 0) is 9.53 Å². The molecule has 8 heteroatoms. The Labute approximate surface area is 162 Å². The van der Waals surface area contributed by atoms with Gasteiger partial charge in [-0.05, 0) is 60.9 Å². The van der Waals surface area contributed by atoms with Gasteiger partial charge in [-0.1, -0.05) is 0 Å². The molecule has 7 nitrogen and oxygen atoms in total. The second kappa shape index (κ2) is 9.63. The summed E-state index contributed by atoms with van der Waals surface area (Å²) in [5.41, 5.74) is 20.3. The van der Waals surface area contributed by atoms with Crippen LogP contribution in [0, 0.1) is 0 Å². The Morgan fingerprint density at radius 1 is 1.11 bits per heavy atom. The molecule has 0 aliphatic rings. The second-order valence-corrected chi connectivity index (χ2v) is 6.63. The fraction of sp³-hybridized carbons (Fsp3) is 0.263. The molecule has 1 heterocycles. The molecular weight excluding hydrogens is 362 g/mol. The van der Waals surface area contributed by atoms with Gasteiger partial charge in [-0.3, -0.25) is 4.79 Å². The third kappa shape index (κ3) is 5.75. The van der Waals surface area contributed by atoms with E-state index in [1.54, 1.807) is 0 Å². The van der Waals surface area contributed by atoms with Crippen molar-refractivity contribution in [2.24, 2.45) is 0 Å². The molecule has 144 valence electrons. The molecule has 0 unspecified atom stereocenters. The maximum atomic E-state index is 11.0. The Morgan fingerprint density at radius 3 is 2.41 bits per heavy atom. The number of hydrogen-bond acceptors (Lipinski definition) is 8. The Hall–Kier alpha value is -3.00. The van der Waals surface area contributed by atoms with Crippen molar-refractivity contribution in [2.75, 3.05) is 42.3 Å². The number of benzene rings is 2. The molecule has 3 aromatic rings. The van der Waals surface area contributed by atoms with E-state index in [1.807, 2.05) is 49.4 Å². The zero-order valence-corrected chi connectivity index (χ0v) is 16.3. The Morgan fingerprint density at radius 2 is 1.78 bits per heavy atom. The van der Waals surface area contributed by atoms with Crippen molar-refractivity contribution in [1.29, 1.82) is 0 Å². The normalized spacial score (nSPS) is 10.1. The first-order valence-corrected chi connectivity index (χ1v) is 9.29. The number of anilines is 4. The van der Waals surface area contributed by atoms with Gasteiger partial charge in [-0.15, -0.1) is 0 Å². The van der Waals surface area contributed by atoms with Crippen LogP contribution in [0.15, 0.2) is 42.5 Å². The molecule has 1 aromatic heterocycles. The minimum atomic E-state index is -0.186. The predicted octanol–water partition coefficient (Wildman–Crippen LogP) is 3.12. The molecule has 0 aliphatic carbocycles. The van der Waals surface area contributed by atoms with E-state index in [9.17, 15) is 4.79 Å². The molecule has 0 saturated heterocycles. The van der Waals surface area contributed by atoms with E-state index in [-0.39, 0.29) is 5.97 Å². The largest absolute Gasteiger partial charge is 0.469 e. The zero-order valence-electron chi connectivity index (χ0n) is 15.5. The molecule has 27 heavy (non-hydrogen) atoms. The van der Waals surface area contributed by atoms with Crippen LogP contribution in [0.5, 0.6) is 0 Å². The minimum absolute atomic E-state index is 0.186. The van der Waals surface area contributed by atoms with Crippen LogP contribution < -0.4 is 22.1 Å². The first kappa shape index (κ1) is 20.3. The smallest absolute Gasteiger partial charge is 0.307 e. The minimum Gasteiger partial charge on any atom is -0.469 e. The number of esters is 1. The predicted molar refractivity (Wildman–Crippen MR) is 114 cm³/mol. The Bertz CT molecular complexity index is 879. The standard InChI is InChI=1S/C12H18N2O2.C7H7N3S/c1-3-14(9-8-12(15)16-2)11-6-4-10(13)5-7-11;8-4-1-2-6-5(3-4)7(9)11-10-6/h4-7H,3,8-9,13H2,1-2H3;1-3H,8-9H2. The average Bonchev–Trinajstić information content (AvgIpc) is 3.04. The van der Waals surface area contributed by atoms with E-state index in [2.05, 4.69) is 14.0 Å². The van der Waals surface area contributed by atoms with Gasteiger partial charge in [0.15, 0.2) is 0 Å². The molecule has 0 bridgehead atoms. The van der Waals surface area contributed by atoms with E-state index >= 15 is 0 Å². The molecule has 0 amide bonds. The van der Waals surface area contributed by atoms with Crippen LogP contribution >= 0.6 is 11.5 Å². The van der Waals surface area contributed by atoms with Crippen molar-refractivity contribution in [3.05, 3.63) is 42.5 Å². The van der Waals surface area contributed by atoms with Crippen LogP contribution in [0.3, 0.4) is 0 Å². The van der Waals surface area contributed by atoms with Gasteiger partial charge in [0.25, 0.3) is 0 Å². The highest BCUT2D eigenvalue weighted by Gasteiger charge is 2.07. The van der Waals surface area contributed by atoms with Gasteiger partial charge in [0.05, 0.1) is 19.0 Å².